The van der Waals surface area contributed by atoms with Gasteiger partial charge in [-0.25, -0.2) is 4.99 Å². The first-order valence-corrected chi connectivity index (χ1v) is 15.1. The number of ether oxygens (including phenoxy) is 2. The van der Waals surface area contributed by atoms with Crippen LogP contribution in [0, 0.1) is 0 Å². The number of amidine groups is 2. The van der Waals surface area contributed by atoms with E-state index in [0.29, 0.717) is 45.9 Å². The van der Waals surface area contributed by atoms with Crippen LogP contribution in [0.1, 0.15) is 43.4 Å². The van der Waals surface area contributed by atoms with Crippen LogP contribution in [0.4, 0.5) is 11.4 Å². The summed E-state index contributed by atoms with van der Waals surface area (Å²) in [5, 5.41) is 5.86. The van der Waals surface area contributed by atoms with Gasteiger partial charge < -0.3 is 20.1 Å². The van der Waals surface area contributed by atoms with Gasteiger partial charge in [0.2, 0.25) is 18.6 Å². The van der Waals surface area contributed by atoms with Crippen LogP contribution in [0.25, 0.3) is 0 Å². The van der Waals surface area contributed by atoms with Crippen LogP contribution in [-0.2, 0) is 27.3 Å². The fraction of sp³-hybridized carbons (Fsp3) is 0.281. The molecule has 11 heteroatoms. The van der Waals surface area contributed by atoms with E-state index >= 15 is 0 Å². The maximum Gasteiger partial charge on any atom is 0.271 e. The number of nitrogens with one attached hydrogen (secondary N) is 2. The number of carbonyl (C=O) groups excluding carboxylic acids is 3. The van der Waals surface area contributed by atoms with E-state index in [0.717, 1.165) is 12.0 Å². The summed E-state index contributed by atoms with van der Waals surface area (Å²) in [5.74, 6) is 0.840. The number of rotatable bonds is 9. The summed E-state index contributed by atoms with van der Waals surface area (Å²) >= 11 is 1.27. The molecule has 3 heterocycles. The van der Waals surface area contributed by atoms with Gasteiger partial charge in [0.25, 0.3) is 5.91 Å². The highest BCUT2D eigenvalue weighted by Gasteiger charge is 2.43. The predicted octanol–water partition coefficient (Wildman–Crippen LogP) is 4.79. The van der Waals surface area contributed by atoms with Gasteiger partial charge in [-0.05, 0) is 60.4 Å². The summed E-state index contributed by atoms with van der Waals surface area (Å²) in [6.07, 6.45) is 1.32. The number of aryl methyl sites for hydroxylation is 1. The molecule has 10 nitrogen and oxygen atoms in total. The van der Waals surface area contributed by atoms with Crippen LogP contribution in [0.15, 0.2) is 76.7 Å². The summed E-state index contributed by atoms with van der Waals surface area (Å²) in [7, 11) is 0. The zero-order valence-corrected chi connectivity index (χ0v) is 24.6. The van der Waals surface area contributed by atoms with E-state index in [9.17, 15) is 14.4 Å². The molecule has 0 aromatic heterocycles. The summed E-state index contributed by atoms with van der Waals surface area (Å²) in [5.41, 5.74) is 4.11. The molecule has 0 saturated heterocycles. The number of amides is 3. The number of fused-ring (bicyclic) bond motifs is 4. The Hall–Kier alpha value is -4.64. The number of benzene rings is 3. The monoisotopic (exact) mass is 597 g/mol. The first-order chi connectivity index (χ1) is 20.9. The van der Waals surface area contributed by atoms with E-state index in [4.69, 9.17) is 14.5 Å². The second-order valence-electron chi connectivity index (χ2n) is 10.3. The number of thioether (sulfide) groups is 1. The molecule has 0 fully saturated rings. The maximum atomic E-state index is 13.3. The Morgan fingerprint density at radius 3 is 2.56 bits per heavy atom. The number of hydrogen-bond donors (Lipinski definition) is 2. The predicted molar refractivity (Wildman–Crippen MR) is 166 cm³/mol. The van der Waals surface area contributed by atoms with Crippen LogP contribution >= 0.6 is 11.8 Å². The van der Waals surface area contributed by atoms with Crippen molar-refractivity contribution >= 4 is 51.9 Å². The standard InChI is InChI=1S/C32H31N5O5S/c1-3-19-9-12-21(13-10-19)34-31(40)27(4-2)43-32-35-23-8-6-5-7-22(23)29-36-30(39)24(37(29)32)16-28(38)33-17-20-11-14-25-26(15-20)42-18-41-25/h5-15,24,27H,3-4,16-18H2,1-2H3,(H,33,38)(H,34,40). The molecule has 3 amide bonds. The minimum absolute atomic E-state index is 0.120. The van der Waals surface area contributed by atoms with Crippen LogP contribution in [0.3, 0.4) is 0 Å². The van der Waals surface area contributed by atoms with Gasteiger partial charge >= 0.3 is 0 Å². The van der Waals surface area contributed by atoms with E-state index in [-0.39, 0.29) is 31.6 Å². The summed E-state index contributed by atoms with van der Waals surface area (Å²) in [6, 6.07) is 19.8. The van der Waals surface area contributed by atoms with Crippen molar-refractivity contribution in [1.29, 1.82) is 0 Å². The van der Waals surface area contributed by atoms with Crippen molar-refractivity contribution in [3.05, 3.63) is 83.4 Å². The lowest BCUT2D eigenvalue weighted by Crippen LogP contribution is -2.46. The molecule has 3 aliphatic heterocycles. The zero-order chi connectivity index (χ0) is 29.9. The highest BCUT2D eigenvalue weighted by atomic mass is 32.2. The van der Waals surface area contributed by atoms with E-state index in [1.807, 2.05) is 67.6 Å². The first kappa shape index (κ1) is 28.5. The van der Waals surface area contributed by atoms with Gasteiger partial charge in [-0.2, -0.15) is 4.99 Å². The average Bonchev–Trinajstić information content (AvgIpc) is 3.63. The van der Waals surface area contributed by atoms with Crippen LogP contribution in [0.5, 0.6) is 11.5 Å². The molecule has 0 bridgehead atoms. The quantitative estimate of drug-likeness (QED) is 0.364. The summed E-state index contributed by atoms with van der Waals surface area (Å²) in [6.45, 7) is 4.45. The maximum absolute atomic E-state index is 13.3. The normalized spacial score (nSPS) is 17.0. The number of aliphatic imine (C=N–C) groups is 2. The topological polar surface area (TPSA) is 122 Å². The number of para-hydroxylation sites is 1. The van der Waals surface area contributed by atoms with Gasteiger partial charge in [0.15, 0.2) is 16.7 Å². The second-order valence-corrected chi connectivity index (χ2v) is 11.5. The molecular formula is C32H31N5O5S. The Morgan fingerprint density at radius 1 is 1.00 bits per heavy atom. The van der Waals surface area contributed by atoms with Crippen molar-refractivity contribution in [1.82, 2.24) is 10.2 Å². The number of anilines is 1. The van der Waals surface area contributed by atoms with Crippen molar-refractivity contribution in [3.8, 4) is 11.5 Å². The average molecular weight is 598 g/mol. The molecule has 0 radical (unpaired) electrons. The van der Waals surface area contributed by atoms with Crippen molar-refractivity contribution in [2.24, 2.45) is 9.98 Å². The Kier molecular flexibility index (Phi) is 8.15. The van der Waals surface area contributed by atoms with Crippen LogP contribution in [0.2, 0.25) is 0 Å². The third kappa shape index (κ3) is 5.98. The molecular weight excluding hydrogens is 566 g/mol. The highest BCUT2D eigenvalue weighted by Crippen LogP contribution is 2.37. The number of nitrogens with zero attached hydrogens (tertiary/aromatic N) is 3. The molecule has 3 aromatic rings. The second kappa shape index (κ2) is 12.3. The molecule has 2 atom stereocenters. The van der Waals surface area contributed by atoms with Crippen molar-refractivity contribution < 1.29 is 23.9 Å². The lowest BCUT2D eigenvalue weighted by molar-refractivity contribution is -0.126. The molecule has 6 rings (SSSR count). The van der Waals surface area contributed by atoms with E-state index in [1.54, 1.807) is 11.0 Å². The SMILES string of the molecule is CCc1ccc(NC(=O)C(CC)SC2=Nc3ccccc3C3=NC(=O)C(CC(=O)NCc4ccc5c(c4)OCO5)N23)cc1. The molecule has 0 spiro atoms. The van der Waals surface area contributed by atoms with Gasteiger partial charge in [-0.15, -0.1) is 0 Å². The Morgan fingerprint density at radius 2 is 1.77 bits per heavy atom. The van der Waals surface area contributed by atoms with Crippen LogP contribution in [-0.4, -0.2) is 51.7 Å². The minimum Gasteiger partial charge on any atom is -0.454 e. The van der Waals surface area contributed by atoms with Gasteiger partial charge in [0.05, 0.1) is 17.4 Å². The fourth-order valence-corrected chi connectivity index (χ4v) is 6.14. The first-order valence-electron chi connectivity index (χ1n) is 14.2. The van der Waals surface area contributed by atoms with Crippen molar-refractivity contribution in [2.75, 3.05) is 12.1 Å². The molecule has 0 aliphatic carbocycles. The lowest BCUT2D eigenvalue weighted by Gasteiger charge is -2.32. The van der Waals surface area contributed by atoms with Gasteiger partial charge in [-0.3, -0.25) is 19.3 Å². The molecule has 0 saturated carbocycles. The molecule has 43 heavy (non-hydrogen) atoms. The molecule has 220 valence electrons. The lowest BCUT2D eigenvalue weighted by atomic mass is 10.1. The zero-order valence-electron chi connectivity index (χ0n) is 23.8. The molecule has 2 N–H and O–H groups in total. The van der Waals surface area contributed by atoms with Gasteiger partial charge in [0, 0.05) is 17.8 Å². The Labute approximate surface area is 253 Å². The number of hydrogen-bond acceptors (Lipinski definition) is 8. The number of carbonyl (C=O) groups is 3. The summed E-state index contributed by atoms with van der Waals surface area (Å²) in [4.78, 5) is 50.6. The smallest absolute Gasteiger partial charge is 0.271 e. The van der Waals surface area contributed by atoms with E-state index in [2.05, 4.69) is 22.5 Å². The van der Waals surface area contributed by atoms with Crippen LogP contribution < -0.4 is 20.1 Å². The third-order valence-electron chi connectivity index (χ3n) is 7.45. The molecule has 2 unspecified atom stereocenters. The largest absolute Gasteiger partial charge is 0.454 e. The van der Waals surface area contributed by atoms with Gasteiger partial charge in [-0.1, -0.05) is 55.9 Å². The minimum atomic E-state index is -0.881. The third-order valence-corrected chi connectivity index (χ3v) is 8.78. The Bertz CT molecular complexity index is 1640. The highest BCUT2D eigenvalue weighted by molar-refractivity contribution is 8.15. The molecule has 3 aliphatic rings. The Balaban J connectivity index is 1.19. The van der Waals surface area contributed by atoms with E-state index < -0.39 is 17.2 Å². The van der Waals surface area contributed by atoms with Crippen molar-refractivity contribution in [2.45, 2.75) is 50.9 Å². The van der Waals surface area contributed by atoms with Gasteiger partial charge in [0.1, 0.15) is 11.9 Å². The van der Waals surface area contributed by atoms with E-state index in [1.165, 1.54) is 17.3 Å². The molecule has 3 aromatic carbocycles. The fourth-order valence-electron chi connectivity index (χ4n) is 5.08. The summed E-state index contributed by atoms with van der Waals surface area (Å²) < 4.78 is 10.8. The van der Waals surface area contributed by atoms with Crippen molar-refractivity contribution in [3.63, 3.8) is 0 Å².